The van der Waals surface area contributed by atoms with Gasteiger partial charge in [-0.25, -0.2) is 9.59 Å². The first-order valence-electron chi connectivity index (χ1n) is 11.9. The van der Waals surface area contributed by atoms with Crippen LogP contribution in [0.1, 0.15) is 44.7 Å². The minimum Gasteiger partial charge on any atom is -0.489 e. The van der Waals surface area contributed by atoms with E-state index in [-0.39, 0.29) is 5.91 Å². The highest BCUT2D eigenvalue weighted by molar-refractivity contribution is 6.01. The third kappa shape index (κ3) is 5.42. The third-order valence-corrected chi connectivity index (χ3v) is 6.21. The number of esters is 1. The Morgan fingerprint density at radius 3 is 2.40 bits per heavy atom. The first kappa shape index (κ1) is 24.6. The van der Waals surface area contributed by atoms with Gasteiger partial charge in [0.2, 0.25) is 5.91 Å². The average molecular weight is 481 g/mol. The minimum absolute atomic E-state index is 0.223. The highest BCUT2D eigenvalue weighted by Gasteiger charge is 2.48. The van der Waals surface area contributed by atoms with E-state index in [0.717, 1.165) is 22.6 Å². The van der Waals surface area contributed by atoms with Crippen molar-refractivity contribution >= 4 is 23.7 Å². The number of ether oxygens (including phenoxy) is 3. The number of anilines is 1. The summed E-state index contributed by atoms with van der Waals surface area (Å²) >= 11 is 0. The second kappa shape index (κ2) is 9.98. The van der Waals surface area contributed by atoms with E-state index in [4.69, 9.17) is 14.2 Å². The molecular formula is C27H32N2O6. The van der Waals surface area contributed by atoms with Crippen molar-refractivity contribution in [2.45, 2.75) is 64.3 Å². The number of amides is 2. The SMILES string of the molecule is COC(=O)[C@@H]1CC[C@@H](C(=O)N2CCc3cc(OCc4ccccc4)ccc32)N1C(=O)OC(C)(C)C. The normalized spacial score (nSPS) is 19.3. The summed E-state index contributed by atoms with van der Waals surface area (Å²) in [5.74, 6) is -0.0314. The predicted molar refractivity (Wildman–Crippen MR) is 130 cm³/mol. The van der Waals surface area contributed by atoms with E-state index in [1.54, 1.807) is 25.7 Å². The molecule has 8 heteroatoms. The van der Waals surface area contributed by atoms with Crippen molar-refractivity contribution in [1.29, 1.82) is 0 Å². The molecule has 2 aliphatic rings. The molecule has 8 nitrogen and oxygen atoms in total. The van der Waals surface area contributed by atoms with Gasteiger partial charge in [-0.2, -0.15) is 0 Å². The molecule has 0 aliphatic carbocycles. The van der Waals surface area contributed by atoms with Crippen LogP contribution in [0.4, 0.5) is 10.5 Å². The van der Waals surface area contributed by atoms with E-state index in [0.29, 0.717) is 32.4 Å². The van der Waals surface area contributed by atoms with Gasteiger partial charge in [-0.15, -0.1) is 0 Å². The lowest BCUT2D eigenvalue weighted by molar-refractivity contribution is -0.146. The summed E-state index contributed by atoms with van der Waals surface area (Å²) in [6.07, 6.45) is 0.702. The van der Waals surface area contributed by atoms with E-state index in [9.17, 15) is 14.4 Å². The average Bonchev–Trinajstić information content (AvgIpc) is 3.46. The summed E-state index contributed by atoms with van der Waals surface area (Å²) in [4.78, 5) is 42.0. The monoisotopic (exact) mass is 480 g/mol. The largest absolute Gasteiger partial charge is 0.489 e. The Kier molecular flexibility index (Phi) is 7.00. The first-order chi connectivity index (χ1) is 16.7. The summed E-state index contributed by atoms with van der Waals surface area (Å²) in [6, 6.07) is 14.0. The number of carbonyl (C=O) groups excluding carboxylic acids is 3. The van der Waals surface area contributed by atoms with Crippen LogP contribution in [0.2, 0.25) is 0 Å². The number of nitrogens with zero attached hydrogens (tertiary/aromatic N) is 2. The lowest BCUT2D eigenvalue weighted by Crippen LogP contribution is -2.53. The number of hydrogen-bond acceptors (Lipinski definition) is 6. The van der Waals surface area contributed by atoms with Gasteiger partial charge in [-0.1, -0.05) is 30.3 Å². The molecule has 0 N–H and O–H groups in total. The van der Waals surface area contributed by atoms with E-state index in [1.807, 2.05) is 48.5 Å². The molecule has 0 spiro atoms. The Hall–Kier alpha value is -3.55. The van der Waals surface area contributed by atoms with Gasteiger partial charge >= 0.3 is 12.1 Å². The molecule has 0 radical (unpaired) electrons. The van der Waals surface area contributed by atoms with E-state index < -0.39 is 29.7 Å². The molecule has 2 aromatic rings. The molecule has 2 heterocycles. The Balaban J connectivity index is 1.51. The van der Waals surface area contributed by atoms with Crippen molar-refractivity contribution in [3.05, 3.63) is 59.7 Å². The predicted octanol–water partition coefficient (Wildman–Crippen LogP) is 4.10. The molecule has 0 bridgehead atoms. The van der Waals surface area contributed by atoms with E-state index in [2.05, 4.69) is 0 Å². The number of carbonyl (C=O) groups is 3. The number of hydrogen-bond donors (Lipinski definition) is 0. The lowest BCUT2D eigenvalue weighted by atomic mass is 10.1. The van der Waals surface area contributed by atoms with Crippen LogP contribution in [-0.4, -0.2) is 54.2 Å². The van der Waals surface area contributed by atoms with Gasteiger partial charge in [-0.3, -0.25) is 9.69 Å². The van der Waals surface area contributed by atoms with Crippen LogP contribution in [0, 0.1) is 0 Å². The molecule has 0 aromatic heterocycles. The number of fused-ring (bicyclic) bond motifs is 1. The van der Waals surface area contributed by atoms with Crippen molar-refractivity contribution in [3.8, 4) is 5.75 Å². The molecule has 0 unspecified atom stereocenters. The van der Waals surface area contributed by atoms with Crippen LogP contribution in [0.5, 0.6) is 5.75 Å². The van der Waals surface area contributed by atoms with Crippen LogP contribution in [0.3, 0.4) is 0 Å². The maximum atomic E-state index is 13.6. The number of rotatable bonds is 5. The summed E-state index contributed by atoms with van der Waals surface area (Å²) in [5, 5.41) is 0. The summed E-state index contributed by atoms with van der Waals surface area (Å²) in [7, 11) is 1.28. The lowest BCUT2D eigenvalue weighted by Gasteiger charge is -2.32. The van der Waals surface area contributed by atoms with Crippen LogP contribution < -0.4 is 9.64 Å². The zero-order valence-electron chi connectivity index (χ0n) is 20.7. The third-order valence-electron chi connectivity index (χ3n) is 6.21. The Morgan fingerprint density at radius 1 is 1.00 bits per heavy atom. The van der Waals surface area contributed by atoms with E-state index in [1.165, 1.54) is 12.0 Å². The van der Waals surface area contributed by atoms with Crippen molar-refractivity contribution < 1.29 is 28.6 Å². The van der Waals surface area contributed by atoms with Crippen LogP contribution >= 0.6 is 0 Å². The fraction of sp³-hybridized carbons (Fsp3) is 0.444. The second-order valence-corrected chi connectivity index (χ2v) is 9.82. The molecule has 1 fully saturated rings. The highest BCUT2D eigenvalue weighted by Crippen LogP contribution is 2.35. The molecule has 2 aliphatic heterocycles. The van der Waals surface area contributed by atoms with Gasteiger partial charge in [0, 0.05) is 12.2 Å². The maximum Gasteiger partial charge on any atom is 0.411 e. The Labute approximate surface area is 205 Å². The van der Waals surface area contributed by atoms with Crippen molar-refractivity contribution in [3.63, 3.8) is 0 Å². The second-order valence-electron chi connectivity index (χ2n) is 9.82. The number of benzene rings is 2. The minimum atomic E-state index is -0.848. The molecule has 0 saturated carbocycles. The summed E-state index contributed by atoms with van der Waals surface area (Å²) in [5.41, 5.74) is 2.13. The summed E-state index contributed by atoms with van der Waals surface area (Å²) in [6.45, 7) is 6.21. The fourth-order valence-corrected chi connectivity index (χ4v) is 4.61. The molecule has 2 atom stereocenters. The quantitative estimate of drug-likeness (QED) is 0.599. The molecule has 186 valence electrons. The maximum absolute atomic E-state index is 13.6. The first-order valence-corrected chi connectivity index (χ1v) is 11.9. The van der Waals surface area contributed by atoms with Gasteiger partial charge in [0.15, 0.2) is 0 Å². The molecule has 35 heavy (non-hydrogen) atoms. The molecule has 2 aromatic carbocycles. The van der Waals surface area contributed by atoms with E-state index >= 15 is 0 Å². The number of likely N-dealkylation sites (tertiary alicyclic amines) is 1. The molecule has 4 rings (SSSR count). The summed E-state index contributed by atoms with van der Waals surface area (Å²) < 4.78 is 16.4. The molecule has 1 saturated heterocycles. The Morgan fingerprint density at radius 2 is 1.71 bits per heavy atom. The van der Waals surface area contributed by atoms with Gasteiger partial charge in [-0.05, 0) is 69.4 Å². The standard InChI is InChI=1S/C27H32N2O6/c1-27(2,3)35-26(32)29-22(12-13-23(29)25(31)33-4)24(30)28-15-14-19-16-20(10-11-21(19)28)34-17-18-8-6-5-7-9-18/h5-11,16,22-23H,12-15,17H2,1-4H3/t22-,23-/m0/s1. The zero-order valence-corrected chi connectivity index (χ0v) is 20.7. The van der Waals surface area contributed by atoms with Crippen LogP contribution in [-0.2, 0) is 32.1 Å². The van der Waals surface area contributed by atoms with Crippen molar-refractivity contribution in [2.75, 3.05) is 18.6 Å². The van der Waals surface area contributed by atoms with Gasteiger partial charge < -0.3 is 19.1 Å². The van der Waals surface area contributed by atoms with Crippen LogP contribution in [0.15, 0.2) is 48.5 Å². The Bertz CT molecular complexity index is 1090. The van der Waals surface area contributed by atoms with Gasteiger partial charge in [0.05, 0.1) is 7.11 Å². The molecular weight excluding hydrogens is 448 g/mol. The van der Waals surface area contributed by atoms with Crippen molar-refractivity contribution in [1.82, 2.24) is 4.90 Å². The number of methoxy groups -OCH3 is 1. The fourth-order valence-electron chi connectivity index (χ4n) is 4.61. The smallest absolute Gasteiger partial charge is 0.411 e. The van der Waals surface area contributed by atoms with Gasteiger partial charge in [0.1, 0.15) is 30.0 Å². The topological polar surface area (TPSA) is 85.4 Å². The highest BCUT2D eigenvalue weighted by atomic mass is 16.6. The molecule has 2 amide bonds. The zero-order chi connectivity index (χ0) is 25.2. The van der Waals surface area contributed by atoms with Crippen molar-refractivity contribution in [2.24, 2.45) is 0 Å². The van der Waals surface area contributed by atoms with Gasteiger partial charge in [0.25, 0.3) is 0 Å². The van der Waals surface area contributed by atoms with Crippen LogP contribution in [0.25, 0.3) is 0 Å².